The molecule has 8 nitrogen and oxygen atoms in total. The van der Waals surface area contributed by atoms with Crippen LogP contribution in [0.4, 0.5) is 11.4 Å². The lowest BCUT2D eigenvalue weighted by molar-refractivity contribution is -0.111. The number of amides is 2. The Morgan fingerprint density at radius 2 is 1.35 bits per heavy atom. The van der Waals surface area contributed by atoms with E-state index in [9.17, 15) is 9.59 Å². The second kappa shape index (κ2) is 12.0. The van der Waals surface area contributed by atoms with E-state index in [1.54, 1.807) is 45.6 Å². The average molecular weight is 502 g/mol. The minimum atomic E-state index is -0.204. The maximum Gasteiger partial charge on any atom is 0.254 e. The van der Waals surface area contributed by atoms with Gasteiger partial charge in [0.05, 0.1) is 21.3 Å². The monoisotopic (exact) mass is 501 g/mol. The van der Waals surface area contributed by atoms with Gasteiger partial charge in [0.15, 0.2) is 0 Å². The molecule has 1 saturated heterocycles. The second-order valence-corrected chi connectivity index (χ2v) is 8.52. The van der Waals surface area contributed by atoms with Crippen LogP contribution in [0, 0.1) is 0 Å². The molecule has 192 valence electrons. The zero-order valence-corrected chi connectivity index (χ0v) is 21.3. The normalized spacial score (nSPS) is 13.4. The van der Waals surface area contributed by atoms with Gasteiger partial charge < -0.3 is 29.3 Å². The molecule has 0 aromatic heterocycles. The van der Waals surface area contributed by atoms with Gasteiger partial charge in [-0.3, -0.25) is 9.59 Å². The van der Waals surface area contributed by atoms with Crippen LogP contribution in [0.15, 0.2) is 72.8 Å². The number of anilines is 2. The first-order chi connectivity index (χ1) is 18.0. The van der Waals surface area contributed by atoms with Crippen molar-refractivity contribution >= 4 is 29.3 Å². The summed E-state index contributed by atoms with van der Waals surface area (Å²) in [4.78, 5) is 29.4. The number of nitrogens with one attached hydrogen (secondary N) is 1. The molecule has 37 heavy (non-hydrogen) atoms. The fourth-order valence-electron chi connectivity index (χ4n) is 4.11. The maximum absolute atomic E-state index is 13.0. The summed E-state index contributed by atoms with van der Waals surface area (Å²) in [5.74, 6) is 1.70. The van der Waals surface area contributed by atoms with E-state index in [4.69, 9.17) is 14.2 Å². The van der Waals surface area contributed by atoms with Gasteiger partial charge in [-0.15, -0.1) is 0 Å². The zero-order chi connectivity index (χ0) is 26.2. The van der Waals surface area contributed by atoms with Gasteiger partial charge in [0.1, 0.15) is 17.2 Å². The number of nitrogens with zero attached hydrogens (tertiary/aromatic N) is 2. The zero-order valence-electron chi connectivity index (χ0n) is 21.3. The van der Waals surface area contributed by atoms with Crippen LogP contribution < -0.4 is 24.4 Å². The summed E-state index contributed by atoms with van der Waals surface area (Å²) >= 11 is 0. The smallest absolute Gasteiger partial charge is 0.254 e. The summed E-state index contributed by atoms with van der Waals surface area (Å²) in [6.45, 7) is 2.63. The van der Waals surface area contributed by atoms with Gasteiger partial charge in [-0.25, -0.2) is 0 Å². The van der Waals surface area contributed by atoms with E-state index >= 15 is 0 Å². The molecule has 0 unspecified atom stereocenters. The lowest BCUT2D eigenvalue weighted by Gasteiger charge is -2.36. The Balaban J connectivity index is 1.30. The predicted octanol–water partition coefficient (Wildman–Crippen LogP) is 4.33. The molecule has 1 aliphatic heterocycles. The van der Waals surface area contributed by atoms with Gasteiger partial charge in [0, 0.05) is 55.3 Å². The summed E-state index contributed by atoms with van der Waals surface area (Å²) in [5, 5.41) is 2.88. The van der Waals surface area contributed by atoms with Crippen molar-refractivity contribution in [3.05, 3.63) is 83.9 Å². The molecule has 0 saturated carbocycles. The van der Waals surface area contributed by atoms with Crippen molar-refractivity contribution in [3.8, 4) is 17.2 Å². The van der Waals surface area contributed by atoms with Crippen molar-refractivity contribution in [1.82, 2.24) is 4.90 Å². The number of hydrogen-bond acceptors (Lipinski definition) is 6. The number of ether oxygens (including phenoxy) is 3. The fraction of sp³-hybridized carbons (Fsp3) is 0.241. The minimum Gasteiger partial charge on any atom is -0.497 e. The molecular formula is C29H31N3O5. The summed E-state index contributed by atoms with van der Waals surface area (Å²) in [7, 11) is 4.75. The van der Waals surface area contributed by atoms with E-state index in [1.165, 1.54) is 6.08 Å². The van der Waals surface area contributed by atoms with Crippen molar-refractivity contribution < 1.29 is 23.8 Å². The van der Waals surface area contributed by atoms with Crippen LogP contribution in [0.1, 0.15) is 15.9 Å². The molecule has 4 rings (SSSR count). The Hall–Kier alpha value is -4.46. The second-order valence-electron chi connectivity index (χ2n) is 8.52. The van der Waals surface area contributed by atoms with Crippen molar-refractivity contribution in [3.63, 3.8) is 0 Å². The number of hydrogen-bond donors (Lipinski definition) is 1. The van der Waals surface area contributed by atoms with Gasteiger partial charge in [-0.1, -0.05) is 12.1 Å². The van der Waals surface area contributed by atoms with Crippen LogP contribution >= 0.6 is 0 Å². The highest BCUT2D eigenvalue weighted by Gasteiger charge is 2.23. The maximum atomic E-state index is 13.0. The van der Waals surface area contributed by atoms with Crippen molar-refractivity contribution in [1.29, 1.82) is 0 Å². The van der Waals surface area contributed by atoms with Crippen molar-refractivity contribution in [2.45, 2.75) is 0 Å². The summed E-state index contributed by atoms with van der Waals surface area (Å²) in [5.41, 5.74) is 3.22. The Labute approximate surface area is 217 Å². The Kier molecular flexibility index (Phi) is 8.30. The molecule has 1 aliphatic rings. The van der Waals surface area contributed by atoms with E-state index in [0.29, 0.717) is 48.9 Å². The van der Waals surface area contributed by atoms with E-state index < -0.39 is 0 Å². The van der Waals surface area contributed by atoms with Gasteiger partial charge in [-0.05, 0) is 60.2 Å². The predicted molar refractivity (Wildman–Crippen MR) is 145 cm³/mol. The van der Waals surface area contributed by atoms with Gasteiger partial charge in [0.2, 0.25) is 5.91 Å². The molecule has 0 atom stereocenters. The molecule has 1 N–H and O–H groups in total. The molecule has 1 fully saturated rings. The number of carbonyl (C=O) groups is 2. The molecule has 0 bridgehead atoms. The van der Waals surface area contributed by atoms with Gasteiger partial charge in [0.25, 0.3) is 5.91 Å². The lowest BCUT2D eigenvalue weighted by Crippen LogP contribution is -2.48. The Morgan fingerprint density at radius 1 is 0.757 bits per heavy atom. The molecule has 0 spiro atoms. The van der Waals surface area contributed by atoms with Gasteiger partial charge >= 0.3 is 0 Å². The molecule has 8 heteroatoms. The first kappa shape index (κ1) is 25.6. The van der Waals surface area contributed by atoms with Crippen molar-refractivity contribution in [2.75, 3.05) is 57.7 Å². The minimum absolute atomic E-state index is 0.0439. The van der Waals surface area contributed by atoms with E-state index in [2.05, 4.69) is 10.2 Å². The molecule has 1 heterocycles. The van der Waals surface area contributed by atoms with Crippen LogP contribution in [-0.2, 0) is 4.79 Å². The Bertz CT molecular complexity index is 1230. The summed E-state index contributed by atoms with van der Waals surface area (Å²) in [6.07, 6.45) is 3.26. The quantitative estimate of drug-likeness (QED) is 0.463. The number of methoxy groups -OCH3 is 3. The number of carbonyl (C=O) groups excluding carboxylic acids is 2. The van der Waals surface area contributed by atoms with Crippen LogP contribution in [0.3, 0.4) is 0 Å². The first-order valence-corrected chi connectivity index (χ1v) is 12.0. The van der Waals surface area contributed by atoms with E-state index in [-0.39, 0.29) is 11.8 Å². The van der Waals surface area contributed by atoms with E-state index in [0.717, 1.165) is 17.0 Å². The molecule has 0 radical (unpaired) electrons. The highest BCUT2D eigenvalue weighted by molar-refractivity contribution is 6.02. The third kappa shape index (κ3) is 6.61. The highest BCUT2D eigenvalue weighted by Crippen LogP contribution is 2.25. The van der Waals surface area contributed by atoms with Crippen LogP contribution in [0.5, 0.6) is 17.2 Å². The van der Waals surface area contributed by atoms with Crippen LogP contribution in [-0.4, -0.2) is 64.2 Å². The molecule has 3 aromatic carbocycles. The average Bonchev–Trinajstić information content (AvgIpc) is 2.96. The fourth-order valence-corrected chi connectivity index (χ4v) is 4.11. The molecule has 2 amide bonds. The highest BCUT2D eigenvalue weighted by atomic mass is 16.5. The molecular weight excluding hydrogens is 470 g/mol. The van der Waals surface area contributed by atoms with Crippen LogP contribution in [0.2, 0.25) is 0 Å². The molecule has 3 aromatic rings. The molecule has 0 aliphatic carbocycles. The van der Waals surface area contributed by atoms with Crippen molar-refractivity contribution in [2.24, 2.45) is 0 Å². The van der Waals surface area contributed by atoms with Crippen LogP contribution in [0.25, 0.3) is 6.08 Å². The third-order valence-corrected chi connectivity index (χ3v) is 6.21. The standard InChI is InChI=1S/C29H31N3O5/c1-35-25-11-4-21(5-12-25)6-13-28(33)30-23-7-9-24(10-8-23)31-14-16-32(17-15-31)29(34)22-18-26(36-2)20-27(19-22)37-3/h4-13,18-20H,14-17H2,1-3H3,(H,30,33)/b13-6+. The first-order valence-electron chi connectivity index (χ1n) is 12.0. The number of rotatable bonds is 8. The summed E-state index contributed by atoms with van der Waals surface area (Å²) < 4.78 is 15.7. The largest absolute Gasteiger partial charge is 0.497 e. The number of benzene rings is 3. The Morgan fingerprint density at radius 3 is 1.92 bits per heavy atom. The third-order valence-electron chi connectivity index (χ3n) is 6.21. The number of piperazine rings is 1. The SMILES string of the molecule is COc1ccc(/C=C/C(=O)Nc2ccc(N3CCN(C(=O)c4cc(OC)cc(OC)c4)CC3)cc2)cc1. The lowest BCUT2D eigenvalue weighted by atomic mass is 10.1. The topological polar surface area (TPSA) is 80.3 Å². The van der Waals surface area contributed by atoms with E-state index in [1.807, 2.05) is 53.4 Å². The van der Waals surface area contributed by atoms with Gasteiger partial charge in [-0.2, -0.15) is 0 Å². The summed E-state index contributed by atoms with van der Waals surface area (Å²) in [6, 6.07) is 20.4.